The number of nitrogens with zero attached hydrogens (tertiary/aromatic N) is 1. The fraction of sp³-hybridized carbons (Fsp3) is 0.875. The molecule has 0 unspecified atom stereocenters. The van der Waals surface area contributed by atoms with Crippen LogP contribution in [0.2, 0.25) is 0 Å². The smallest absolute Gasteiger partial charge is 0.137 e. The SMILES string of the molecule is C[C@@H]1C[C@@]2(O)CC(=O)C[C@@]3(C1)[C@@H]2CCCN3CCC=O. The first kappa shape index (κ1) is 14.2. The molecule has 2 aliphatic carbocycles. The number of carbonyl (C=O) groups is 2. The monoisotopic (exact) mass is 279 g/mol. The predicted octanol–water partition coefficient (Wildman–Crippen LogP) is 1.55. The molecule has 1 aliphatic heterocycles. The maximum atomic E-state index is 12.2. The van der Waals surface area contributed by atoms with Gasteiger partial charge in [0.2, 0.25) is 0 Å². The van der Waals surface area contributed by atoms with Crippen LogP contribution in [-0.2, 0) is 9.59 Å². The van der Waals surface area contributed by atoms with Crippen LogP contribution < -0.4 is 0 Å². The molecule has 2 bridgehead atoms. The third kappa shape index (κ3) is 2.04. The summed E-state index contributed by atoms with van der Waals surface area (Å²) in [6.07, 6.45) is 6.23. The van der Waals surface area contributed by atoms with E-state index in [-0.39, 0.29) is 17.2 Å². The zero-order valence-corrected chi connectivity index (χ0v) is 12.3. The lowest BCUT2D eigenvalue weighted by atomic mass is 9.52. The maximum Gasteiger partial charge on any atom is 0.137 e. The summed E-state index contributed by atoms with van der Waals surface area (Å²) in [4.78, 5) is 25.3. The largest absolute Gasteiger partial charge is 0.389 e. The summed E-state index contributed by atoms with van der Waals surface area (Å²) in [5, 5.41) is 11.1. The van der Waals surface area contributed by atoms with Gasteiger partial charge >= 0.3 is 0 Å². The summed E-state index contributed by atoms with van der Waals surface area (Å²) in [5.74, 6) is 0.860. The quantitative estimate of drug-likeness (QED) is 0.796. The van der Waals surface area contributed by atoms with Gasteiger partial charge in [0.25, 0.3) is 0 Å². The standard InChI is InChI=1S/C16H25NO3/c1-12-8-15-10-13(19)11-16(20,9-12)14(15)4-2-5-17(15)6-3-7-18/h7,12,14,20H,2-6,8-11H2,1H3/t12-,14-,15-,16+/m0/s1. The number of likely N-dealkylation sites (tertiary alicyclic amines) is 1. The number of hydrogen-bond acceptors (Lipinski definition) is 4. The summed E-state index contributed by atoms with van der Waals surface area (Å²) in [6.45, 7) is 3.88. The molecule has 0 amide bonds. The van der Waals surface area contributed by atoms with Crippen molar-refractivity contribution in [1.29, 1.82) is 0 Å². The van der Waals surface area contributed by atoms with Crippen LogP contribution >= 0.6 is 0 Å². The van der Waals surface area contributed by atoms with Gasteiger partial charge in [-0.1, -0.05) is 6.92 Å². The fourth-order valence-corrected chi connectivity index (χ4v) is 5.45. The molecule has 0 aromatic heterocycles. The van der Waals surface area contributed by atoms with E-state index in [1.807, 2.05) is 0 Å². The Balaban J connectivity index is 1.97. The Morgan fingerprint density at radius 1 is 1.40 bits per heavy atom. The topological polar surface area (TPSA) is 57.6 Å². The lowest BCUT2D eigenvalue weighted by molar-refractivity contribution is -0.193. The van der Waals surface area contributed by atoms with E-state index in [1.54, 1.807) is 0 Å². The Morgan fingerprint density at radius 2 is 2.20 bits per heavy atom. The van der Waals surface area contributed by atoms with E-state index in [0.29, 0.717) is 25.2 Å². The second kappa shape index (κ2) is 4.92. The minimum Gasteiger partial charge on any atom is -0.389 e. The highest BCUT2D eigenvalue weighted by atomic mass is 16.3. The zero-order valence-electron chi connectivity index (χ0n) is 12.3. The molecule has 0 aromatic carbocycles. The molecule has 20 heavy (non-hydrogen) atoms. The summed E-state index contributed by atoms with van der Waals surface area (Å²) >= 11 is 0. The molecular weight excluding hydrogens is 254 g/mol. The molecule has 3 aliphatic rings. The van der Waals surface area contributed by atoms with Crippen LogP contribution in [-0.4, -0.2) is 46.3 Å². The molecule has 2 saturated carbocycles. The first-order chi connectivity index (χ1) is 9.50. The molecule has 3 rings (SSSR count). The number of ketones is 1. The van der Waals surface area contributed by atoms with E-state index in [9.17, 15) is 14.7 Å². The lowest BCUT2D eigenvalue weighted by Gasteiger charge is -2.63. The molecule has 0 radical (unpaired) electrons. The fourth-order valence-electron chi connectivity index (χ4n) is 5.45. The minimum absolute atomic E-state index is 0.178. The van der Waals surface area contributed by atoms with Crippen molar-refractivity contribution in [3.63, 3.8) is 0 Å². The number of piperidine rings is 1. The van der Waals surface area contributed by atoms with E-state index in [0.717, 1.165) is 45.1 Å². The molecule has 3 fully saturated rings. The molecule has 0 aromatic rings. The van der Waals surface area contributed by atoms with Gasteiger partial charge in [-0.15, -0.1) is 0 Å². The van der Waals surface area contributed by atoms with Gasteiger partial charge in [0.1, 0.15) is 12.1 Å². The number of aldehydes is 1. The van der Waals surface area contributed by atoms with Gasteiger partial charge in [0, 0.05) is 37.3 Å². The van der Waals surface area contributed by atoms with Crippen LogP contribution in [0.1, 0.15) is 51.9 Å². The molecule has 0 spiro atoms. The second-order valence-electron chi connectivity index (χ2n) is 7.25. The summed E-state index contributed by atoms with van der Waals surface area (Å²) in [6, 6.07) is 0. The normalized spacial score (nSPS) is 45.0. The van der Waals surface area contributed by atoms with Crippen molar-refractivity contribution in [2.75, 3.05) is 13.1 Å². The van der Waals surface area contributed by atoms with E-state index in [2.05, 4.69) is 11.8 Å². The van der Waals surface area contributed by atoms with Gasteiger partial charge in [-0.3, -0.25) is 9.69 Å². The average molecular weight is 279 g/mol. The summed E-state index contributed by atoms with van der Waals surface area (Å²) in [5.41, 5.74) is -0.976. The van der Waals surface area contributed by atoms with Crippen LogP contribution in [0.3, 0.4) is 0 Å². The third-order valence-electron chi connectivity index (χ3n) is 5.78. The Labute approximate surface area is 120 Å². The van der Waals surface area contributed by atoms with Gasteiger partial charge in [-0.05, 0) is 38.1 Å². The van der Waals surface area contributed by atoms with E-state index in [1.165, 1.54) is 0 Å². The van der Waals surface area contributed by atoms with E-state index in [4.69, 9.17) is 0 Å². The first-order valence-corrected chi connectivity index (χ1v) is 7.93. The van der Waals surface area contributed by atoms with Crippen molar-refractivity contribution in [3.8, 4) is 0 Å². The van der Waals surface area contributed by atoms with E-state index < -0.39 is 5.60 Å². The average Bonchev–Trinajstić information content (AvgIpc) is 2.34. The molecule has 4 heteroatoms. The first-order valence-electron chi connectivity index (χ1n) is 7.93. The molecule has 1 N–H and O–H groups in total. The Bertz CT molecular complexity index is 424. The molecule has 4 atom stereocenters. The molecule has 1 heterocycles. The Hall–Kier alpha value is -0.740. The number of aliphatic hydroxyl groups is 1. The highest BCUT2D eigenvalue weighted by Gasteiger charge is 2.62. The molecule has 1 saturated heterocycles. The van der Waals surface area contributed by atoms with Gasteiger partial charge in [-0.2, -0.15) is 0 Å². The van der Waals surface area contributed by atoms with Crippen molar-refractivity contribution in [3.05, 3.63) is 0 Å². The third-order valence-corrected chi connectivity index (χ3v) is 5.78. The number of hydrogen-bond donors (Lipinski definition) is 1. The Kier molecular flexibility index (Phi) is 3.49. The van der Waals surface area contributed by atoms with Gasteiger partial charge in [-0.25, -0.2) is 0 Å². The minimum atomic E-state index is -0.799. The predicted molar refractivity (Wildman–Crippen MR) is 75.3 cm³/mol. The van der Waals surface area contributed by atoms with Gasteiger partial charge in [0.15, 0.2) is 0 Å². The van der Waals surface area contributed by atoms with Crippen molar-refractivity contribution >= 4 is 12.1 Å². The van der Waals surface area contributed by atoms with Crippen LogP contribution in [0.25, 0.3) is 0 Å². The lowest BCUT2D eigenvalue weighted by Crippen LogP contribution is -2.70. The summed E-state index contributed by atoms with van der Waals surface area (Å²) in [7, 11) is 0. The van der Waals surface area contributed by atoms with Crippen molar-refractivity contribution in [2.45, 2.75) is 63.0 Å². The van der Waals surface area contributed by atoms with Crippen LogP contribution in [0.5, 0.6) is 0 Å². The van der Waals surface area contributed by atoms with Crippen LogP contribution in [0.4, 0.5) is 0 Å². The van der Waals surface area contributed by atoms with Gasteiger partial charge < -0.3 is 9.90 Å². The Morgan fingerprint density at radius 3 is 2.95 bits per heavy atom. The van der Waals surface area contributed by atoms with Crippen molar-refractivity contribution in [2.24, 2.45) is 11.8 Å². The van der Waals surface area contributed by atoms with E-state index >= 15 is 0 Å². The molecule has 4 nitrogen and oxygen atoms in total. The van der Waals surface area contributed by atoms with Crippen molar-refractivity contribution in [1.82, 2.24) is 4.90 Å². The number of Topliss-reactive ketones (excluding diaryl/α,β-unsaturated/α-hetero) is 1. The van der Waals surface area contributed by atoms with Crippen LogP contribution in [0, 0.1) is 11.8 Å². The van der Waals surface area contributed by atoms with Crippen LogP contribution in [0.15, 0.2) is 0 Å². The number of rotatable bonds is 3. The zero-order chi connectivity index (χ0) is 14.4. The number of carbonyl (C=O) groups excluding carboxylic acids is 2. The molecule has 112 valence electrons. The second-order valence-corrected chi connectivity index (χ2v) is 7.25. The van der Waals surface area contributed by atoms with Crippen molar-refractivity contribution < 1.29 is 14.7 Å². The highest BCUT2D eigenvalue weighted by molar-refractivity contribution is 5.82. The maximum absolute atomic E-state index is 12.2. The highest BCUT2D eigenvalue weighted by Crippen LogP contribution is 2.56. The molecular formula is C16H25NO3. The van der Waals surface area contributed by atoms with Gasteiger partial charge in [0.05, 0.1) is 5.60 Å². The summed E-state index contributed by atoms with van der Waals surface area (Å²) < 4.78 is 0.